The summed E-state index contributed by atoms with van der Waals surface area (Å²) in [6.45, 7) is 0. The molecule has 0 bridgehead atoms. The van der Waals surface area contributed by atoms with Crippen molar-refractivity contribution in [3.63, 3.8) is 0 Å². The SMILES string of the molecule is COc1cc(C(N)c2ccccc2SC)c(OC)cc1Br. The van der Waals surface area contributed by atoms with Crippen molar-refractivity contribution in [2.24, 2.45) is 5.73 Å². The third-order valence-electron chi connectivity index (χ3n) is 3.31. The molecule has 2 N–H and O–H groups in total. The Morgan fingerprint density at radius 2 is 1.71 bits per heavy atom. The van der Waals surface area contributed by atoms with Crippen LogP contribution in [-0.2, 0) is 0 Å². The van der Waals surface area contributed by atoms with Crippen LogP contribution in [0.2, 0.25) is 0 Å². The van der Waals surface area contributed by atoms with Gasteiger partial charge in [0, 0.05) is 10.5 Å². The number of nitrogens with two attached hydrogens (primary N) is 1. The Morgan fingerprint density at radius 1 is 1.05 bits per heavy atom. The second-order valence-electron chi connectivity index (χ2n) is 4.45. The van der Waals surface area contributed by atoms with E-state index in [1.165, 1.54) is 0 Å². The van der Waals surface area contributed by atoms with Crippen LogP contribution in [0, 0.1) is 0 Å². The third-order valence-corrected chi connectivity index (χ3v) is 4.74. The molecule has 2 aromatic rings. The standard InChI is InChI=1S/C16H18BrNO2S/c1-19-13-9-12(17)14(20-2)8-11(13)16(18)10-6-4-5-7-15(10)21-3/h4-9,16H,18H2,1-3H3. The lowest BCUT2D eigenvalue weighted by molar-refractivity contribution is 0.395. The molecule has 3 nitrogen and oxygen atoms in total. The van der Waals surface area contributed by atoms with Gasteiger partial charge in [0.25, 0.3) is 0 Å². The summed E-state index contributed by atoms with van der Waals surface area (Å²) < 4.78 is 11.7. The van der Waals surface area contributed by atoms with Crippen LogP contribution in [0.1, 0.15) is 17.2 Å². The van der Waals surface area contributed by atoms with Crippen molar-refractivity contribution in [2.45, 2.75) is 10.9 Å². The molecule has 0 aliphatic carbocycles. The topological polar surface area (TPSA) is 44.5 Å². The van der Waals surface area contributed by atoms with E-state index in [2.05, 4.69) is 22.0 Å². The van der Waals surface area contributed by atoms with Crippen molar-refractivity contribution in [2.75, 3.05) is 20.5 Å². The van der Waals surface area contributed by atoms with Crippen LogP contribution in [0.15, 0.2) is 45.8 Å². The molecule has 0 fully saturated rings. The summed E-state index contributed by atoms with van der Waals surface area (Å²) in [5.41, 5.74) is 8.46. The van der Waals surface area contributed by atoms with Crippen molar-refractivity contribution in [1.29, 1.82) is 0 Å². The highest BCUT2D eigenvalue weighted by Gasteiger charge is 2.19. The Hall–Kier alpha value is -1.17. The van der Waals surface area contributed by atoms with E-state index in [1.807, 2.05) is 36.6 Å². The lowest BCUT2D eigenvalue weighted by Crippen LogP contribution is -2.14. The predicted octanol–water partition coefficient (Wildman–Crippen LogP) is 4.24. The van der Waals surface area contributed by atoms with Gasteiger partial charge >= 0.3 is 0 Å². The fraction of sp³-hybridized carbons (Fsp3) is 0.250. The van der Waals surface area contributed by atoms with Gasteiger partial charge in [0.1, 0.15) is 11.5 Å². The van der Waals surface area contributed by atoms with Crippen molar-refractivity contribution in [3.8, 4) is 11.5 Å². The van der Waals surface area contributed by atoms with Gasteiger partial charge in [-0.25, -0.2) is 0 Å². The summed E-state index contributed by atoms with van der Waals surface area (Å²) in [5.74, 6) is 1.48. The largest absolute Gasteiger partial charge is 0.496 e. The van der Waals surface area contributed by atoms with Gasteiger partial charge in [-0.15, -0.1) is 11.8 Å². The number of halogens is 1. The average Bonchev–Trinajstić information content (AvgIpc) is 2.53. The molecule has 0 amide bonds. The molecule has 5 heteroatoms. The first-order valence-electron chi connectivity index (χ1n) is 6.42. The molecule has 2 aromatic carbocycles. The Labute approximate surface area is 138 Å². The molecule has 0 radical (unpaired) electrons. The fourth-order valence-electron chi connectivity index (χ4n) is 2.22. The second-order valence-corrected chi connectivity index (χ2v) is 6.15. The van der Waals surface area contributed by atoms with E-state index in [0.717, 1.165) is 32.0 Å². The second kappa shape index (κ2) is 7.20. The highest BCUT2D eigenvalue weighted by atomic mass is 79.9. The van der Waals surface area contributed by atoms with Crippen molar-refractivity contribution in [3.05, 3.63) is 52.0 Å². The number of hydrogen-bond donors (Lipinski definition) is 1. The molecule has 1 atom stereocenters. The molecule has 0 saturated heterocycles. The zero-order chi connectivity index (χ0) is 15.4. The first-order chi connectivity index (χ1) is 10.1. The summed E-state index contributed by atoms with van der Waals surface area (Å²) in [6.07, 6.45) is 2.05. The van der Waals surface area contributed by atoms with Crippen LogP contribution >= 0.6 is 27.7 Å². The number of methoxy groups -OCH3 is 2. The summed E-state index contributed by atoms with van der Waals surface area (Å²) in [6, 6.07) is 11.7. The maximum atomic E-state index is 6.48. The third kappa shape index (κ3) is 3.36. The Balaban J connectivity index is 2.54. The zero-order valence-corrected chi connectivity index (χ0v) is 14.6. The minimum Gasteiger partial charge on any atom is -0.496 e. The highest BCUT2D eigenvalue weighted by Crippen LogP contribution is 2.38. The zero-order valence-electron chi connectivity index (χ0n) is 12.2. The van der Waals surface area contributed by atoms with Crippen LogP contribution in [0.5, 0.6) is 11.5 Å². The van der Waals surface area contributed by atoms with Crippen LogP contribution < -0.4 is 15.2 Å². The van der Waals surface area contributed by atoms with E-state index in [0.29, 0.717) is 0 Å². The minimum absolute atomic E-state index is 0.273. The quantitative estimate of drug-likeness (QED) is 0.802. The Kier molecular flexibility index (Phi) is 5.56. The molecule has 0 heterocycles. The lowest BCUT2D eigenvalue weighted by Gasteiger charge is -2.20. The van der Waals surface area contributed by atoms with E-state index < -0.39 is 0 Å². The Bertz CT molecular complexity index is 634. The summed E-state index contributed by atoms with van der Waals surface area (Å²) in [7, 11) is 3.28. The van der Waals surface area contributed by atoms with E-state index >= 15 is 0 Å². The lowest BCUT2D eigenvalue weighted by atomic mass is 9.98. The average molecular weight is 368 g/mol. The molecule has 2 rings (SSSR count). The first-order valence-corrected chi connectivity index (χ1v) is 8.44. The molecule has 0 spiro atoms. The van der Waals surface area contributed by atoms with Gasteiger partial charge in [-0.2, -0.15) is 0 Å². The van der Waals surface area contributed by atoms with E-state index in [4.69, 9.17) is 15.2 Å². The van der Waals surface area contributed by atoms with E-state index in [-0.39, 0.29) is 6.04 Å². The van der Waals surface area contributed by atoms with Crippen LogP contribution in [0.3, 0.4) is 0 Å². The number of benzene rings is 2. The molecule has 1 unspecified atom stereocenters. The summed E-state index contributed by atoms with van der Waals surface area (Å²) in [5, 5.41) is 0. The van der Waals surface area contributed by atoms with Crippen LogP contribution in [0.4, 0.5) is 0 Å². The van der Waals surface area contributed by atoms with Crippen molar-refractivity contribution in [1.82, 2.24) is 0 Å². The number of thioether (sulfide) groups is 1. The van der Waals surface area contributed by atoms with Gasteiger partial charge in [-0.05, 0) is 45.9 Å². The monoisotopic (exact) mass is 367 g/mol. The van der Waals surface area contributed by atoms with Crippen molar-refractivity contribution >= 4 is 27.7 Å². The Morgan fingerprint density at radius 3 is 2.33 bits per heavy atom. The summed E-state index contributed by atoms with van der Waals surface area (Å²) in [4.78, 5) is 1.16. The fourth-order valence-corrected chi connectivity index (χ4v) is 3.35. The minimum atomic E-state index is -0.273. The smallest absolute Gasteiger partial charge is 0.133 e. The molecule has 21 heavy (non-hydrogen) atoms. The maximum Gasteiger partial charge on any atom is 0.133 e. The molecular weight excluding hydrogens is 350 g/mol. The van der Waals surface area contributed by atoms with Gasteiger partial charge in [-0.3, -0.25) is 0 Å². The van der Waals surface area contributed by atoms with Crippen LogP contribution in [0.25, 0.3) is 0 Å². The van der Waals surface area contributed by atoms with Gasteiger partial charge in [0.05, 0.1) is 24.7 Å². The molecule has 0 aromatic heterocycles. The normalized spacial score (nSPS) is 12.0. The first kappa shape index (κ1) is 16.2. The highest BCUT2D eigenvalue weighted by molar-refractivity contribution is 9.10. The molecular formula is C16H18BrNO2S. The molecule has 112 valence electrons. The van der Waals surface area contributed by atoms with E-state index in [1.54, 1.807) is 26.0 Å². The molecule has 0 saturated carbocycles. The van der Waals surface area contributed by atoms with Crippen LogP contribution in [-0.4, -0.2) is 20.5 Å². The van der Waals surface area contributed by atoms with Gasteiger partial charge < -0.3 is 15.2 Å². The van der Waals surface area contributed by atoms with Gasteiger partial charge in [0.15, 0.2) is 0 Å². The summed E-state index contributed by atoms with van der Waals surface area (Å²) >= 11 is 5.15. The predicted molar refractivity (Wildman–Crippen MR) is 91.5 cm³/mol. The van der Waals surface area contributed by atoms with Gasteiger partial charge in [-0.1, -0.05) is 18.2 Å². The molecule has 0 aliphatic rings. The maximum absolute atomic E-state index is 6.48. The van der Waals surface area contributed by atoms with E-state index in [9.17, 15) is 0 Å². The number of hydrogen-bond acceptors (Lipinski definition) is 4. The number of ether oxygens (including phenoxy) is 2. The van der Waals surface area contributed by atoms with Crippen molar-refractivity contribution < 1.29 is 9.47 Å². The molecule has 0 aliphatic heterocycles. The van der Waals surface area contributed by atoms with Gasteiger partial charge in [0.2, 0.25) is 0 Å². The number of rotatable bonds is 5.